The molecule has 0 spiro atoms. The Hall–Kier alpha value is -1.75. The van der Waals surface area contributed by atoms with Crippen LogP contribution in [0.4, 0.5) is 4.39 Å². The van der Waals surface area contributed by atoms with E-state index in [9.17, 15) is 4.39 Å². The third kappa shape index (κ3) is 4.87. The lowest BCUT2D eigenvalue weighted by atomic mass is 10.1. The zero-order valence-electron chi connectivity index (χ0n) is 14.0. The summed E-state index contributed by atoms with van der Waals surface area (Å²) in [6, 6.07) is 15.0. The highest BCUT2D eigenvalue weighted by Crippen LogP contribution is 2.13. The van der Waals surface area contributed by atoms with Crippen LogP contribution in [0.3, 0.4) is 0 Å². The average Bonchev–Trinajstić information content (AvgIpc) is 2.83. The van der Waals surface area contributed by atoms with Crippen molar-refractivity contribution in [2.24, 2.45) is 0 Å². The van der Waals surface area contributed by atoms with Gasteiger partial charge in [-0.25, -0.2) is 4.39 Å². The van der Waals surface area contributed by atoms with Gasteiger partial charge in [-0.15, -0.1) is 0 Å². The van der Waals surface area contributed by atoms with Crippen molar-refractivity contribution in [1.29, 1.82) is 0 Å². The molecule has 0 atom stereocenters. The van der Waals surface area contributed by atoms with Crippen molar-refractivity contribution in [3.63, 3.8) is 0 Å². The van der Waals surface area contributed by atoms with E-state index in [0.717, 1.165) is 51.3 Å². The van der Waals surface area contributed by atoms with E-state index >= 15 is 0 Å². The van der Waals surface area contributed by atoms with Crippen molar-refractivity contribution in [1.82, 2.24) is 9.80 Å². The zero-order valence-corrected chi connectivity index (χ0v) is 14.0. The quantitative estimate of drug-likeness (QED) is 0.914. The first kappa shape index (κ1) is 17.1. The van der Waals surface area contributed by atoms with Gasteiger partial charge in [0.15, 0.2) is 0 Å². The normalized spacial score (nSPS) is 16.9. The van der Waals surface area contributed by atoms with E-state index < -0.39 is 0 Å². The maximum Gasteiger partial charge on any atom is 0.123 e. The van der Waals surface area contributed by atoms with Crippen molar-refractivity contribution in [2.45, 2.75) is 26.1 Å². The summed E-state index contributed by atoms with van der Waals surface area (Å²) in [4.78, 5) is 4.93. The molecule has 1 fully saturated rings. The lowest BCUT2D eigenvalue weighted by Gasteiger charge is -2.22. The van der Waals surface area contributed by atoms with E-state index in [2.05, 4.69) is 21.9 Å². The van der Waals surface area contributed by atoms with Gasteiger partial charge in [-0.05, 0) is 48.3 Å². The predicted molar refractivity (Wildman–Crippen MR) is 93.9 cm³/mol. The molecule has 1 aliphatic heterocycles. The van der Waals surface area contributed by atoms with Crippen molar-refractivity contribution < 1.29 is 9.50 Å². The second-order valence-corrected chi connectivity index (χ2v) is 6.51. The first-order valence-corrected chi connectivity index (χ1v) is 8.61. The Morgan fingerprint density at radius 1 is 0.708 bits per heavy atom. The minimum Gasteiger partial charge on any atom is -0.392 e. The van der Waals surface area contributed by atoms with Gasteiger partial charge in [0.2, 0.25) is 0 Å². The standard InChI is InChI=1S/C20H25FN2O/c21-20-8-6-18(7-9-20)15-23-11-1-10-22(12-13-23)14-17-2-4-19(16-24)5-3-17/h2-9,24H,1,10-16H2. The van der Waals surface area contributed by atoms with Gasteiger partial charge in [-0.3, -0.25) is 9.80 Å². The number of hydrogen-bond acceptors (Lipinski definition) is 3. The molecule has 0 aliphatic carbocycles. The molecule has 4 heteroatoms. The van der Waals surface area contributed by atoms with Crippen LogP contribution in [0.15, 0.2) is 48.5 Å². The molecule has 0 amide bonds. The number of halogens is 1. The fourth-order valence-electron chi connectivity index (χ4n) is 3.20. The molecule has 1 N–H and O–H groups in total. The van der Waals surface area contributed by atoms with E-state index in [1.807, 2.05) is 24.3 Å². The first-order valence-electron chi connectivity index (χ1n) is 8.61. The number of aliphatic hydroxyl groups is 1. The van der Waals surface area contributed by atoms with E-state index in [1.165, 1.54) is 23.3 Å². The highest BCUT2D eigenvalue weighted by molar-refractivity contribution is 5.22. The second-order valence-electron chi connectivity index (χ2n) is 6.51. The van der Waals surface area contributed by atoms with Crippen molar-refractivity contribution in [2.75, 3.05) is 26.2 Å². The Labute approximate surface area is 143 Å². The van der Waals surface area contributed by atoms with Gasteiger partial charge in [-0.2, -0.15) is 0 Å². The monoisotopic (exact) mass is 328 g/mol. The minimum atomic E-state index is -0.173. The molecule has 2 aromatic rings. The molecule has 128 valence electrons. The number of rotatable bonds is 5. The number of aliphatic hydroxyl groups excluding tert-OH is 1. The Kier molecular flexibility index (Phi) is 5.96. The number of hydrogen-bond donors (Lipinski definition) is 1. The SMILES string of the molecule is OCc1ccc(CN2CCCN(Cc3ccc(F)cc3)CC2)cc1. The molecular weight excluding hydrogens is 303 g/mol. The summed E-state index contributed by atoms with van der Waals surface area (Å²) in [5.41, 5.74) is 3.42. The highest BCUT2D eigenvalue weighted by Gasteiger charge is 2.15. The molecule has 24 heavy (non-hydrogen) atoms. The van der Waals surface area contributed by atoms with E-state index in [4.69, 9.17) is 5.11 Å². The van der Waals surface area contributed by atoms with Crippen LogP contribution >= 0.6 is 0 Å². The predicted octanol–water partition coefficient (Wildman–Crippen LogP) is 3.03. The molecule has 2 aromatic carbocycles. The van der Waals surface area contributed by atoms with Gasteiger partial charge in [0.05, 0.1) is 6.61 Å². The van der Waals surface area contributed by atoms with Gasteiger partial charge in [0.25, 0.3) is 0 Å². The summed E-state index contributed by atoms with van der Waals surface area (Å²) >= 11 is 0. The van der Waals surface area contributed by atoms with Crippen molar-refractivity contribution in [3.05, 3.63) is 71.0 Å². The average molecular weight is 328 g/mol. The molecule has 1 aliphatic rings. The van der Waals surface area contributed by atoms with Gasteiger partial charge in [0, 0.05) is 26.2 Å². The maximum absolute atomic E-state index is 13.0. The lowest BCUT2D eigenvalue weighted by molar-refractivity contribution is 0.247. The molecule has 3 rings (SSSR count). The molecule has 0 unspecified atom stereocenters. The largest absolute Gasteiger partial charge is 0.392 e. The maximum atomic E-state index is 13.0. The fraction of sp³-hybridized carbons (Fsp3) is 0.400. The smallest absolute Gasteiger partial charge is 0.123 e. The molecule has 0 bridgehead atoms. The highest BCUT2D eigenvalue weighted by atomic mass is 19.1. The van der Waals surface area contributed by atoms with Gasteiger partial charge >= 0.3 is 0 Å². The second kappa shape index (κ2) is 8.38. The summed E-state index contributed by atoms with van der Waals surface area (Å²) in [5, 5.41) is 9.12. The Balaban J connectivity index is 1.51. The Morgan fingerprint density at radius 2 is 1.17 bits per heavy atom. The minimum absolute atomic E-state index is 0.0995. The molecule has 1 saturated heterocycles. The van der Waals surface area contributed by atoms with Crippen LogP contribution in [0, 0.1) is 5.82 Å². The van der Waals surface area contributed by atoms with Crippen LogP contribution in [-0.2, 0) is 19.7 Å². The summed E-state index contributed by atoms with van der Waals surface area (Å²) in [6.45, 7) is 6.20. The summed E-state index contributed by atoms with van der Waals surface area (Å²) < 4.78 is 13.0. The molecule has 0 radical (unpaired) electrons. The fourth-order valence-corrected chi connectivity index (χ4v) is 3.20. The Bertz CT molecular complexity index is 627. The third-order valence-electron chi connectivity index (χ3n) is 4.61. The van der Waals surface area contributed by atoms with Crippen LogP contribution in [0.25, 0.3) is 0 Å². The van der Waals surface area contributed by atoms with Crippen LogP contribution in [0.5, 0.6) is 0 Å². The first-order chi connectivity index (χ1) is 11.7. The van der Waals surface area contributed by atoms with Gasteiger partial charge in [0.1, 0.15) is 5.82 Å². The lowest BCUT2D eigenvalue weighted by Crippen LogP contribution is -2.30. The van der Waals surface area contributed by atoms with Crippen LogP contribution < -0.4 is 0 Å². The Morgan fingerprint density at radius 3 is 1.67 bits per heavy atom. The molecule has 0 aromatic heterocycles. The topological polar surface area (TPSA) is 26.7 Å². The summed E-state index contributed by atoms with van der Waals surface area (Å²) in [7, 11) is 0. The van der Waals surface area contributed by atoms with E-state index in [1.54, 1.807) is 0 Å². The summed E-state index contributed by atoms with van der Waals surface area (Å²) in [5.74, 6) is -0.173. The van der Waals surface area contributed by atoms with Gasteiger partial charge < -0.3 is 5.11 Å². The van der Waals surface area contributed by atoms with Crippen molar-refractivity contribution in [3.8, 4) is 0 Å². The van der Waals surface area contributed by atoms with Crippen LogP contribution in [-0.4, -0.2) is 41.1 Å². The van der Waals surface area contributed by atoms with Crippen LogP contribution in [0.1, 0.15) is 23.1 Å². The molecular formula is C20H25FN2O. The van der Waals surface area contributed by atoms with Crippen molar-refractivity contribution >= 4 is 0 Å². The van der Waals surface area contributed by atoms with Crippen LogP contribution in [0.2, 0.25) is 0 Å². The molecule has 1 heterocycles. The van der Waals surface area contributed by atoms with E-state index in [-0.39, 0.29) is 12.4 Å². The van der Waals surface area contributed by atoms with E-state index in [0.29, 0.717) is 0 Å². The number of nitrogens with zero attached hydrogens (tertiary/aromatic N) is 2. The molecule has 3 nitrogen and oxygen atoms in total. The summed E-state index contributed by atoms with van der Waals surface area (Å²) in [6.07, 6.45) is 1.15. The van der Waals surface area contributed by atoms with Gasteiger partial charge in [-0.1, -0.05) is 36.4 Å². The third-order valence-corrected chi connectivity index (χ3v) is 4.61. The molecule has 0 saturated carbocycles. The number of benzene rings is 2. The zero-order chi connectivity index (χ0) is 16.8.